The van der Waals surface area contributed by atoms with E-state index in [1.165, 1.54) is 0 Å². The number of aryl methyl sites for hydroxylation is 1. The van der Waals surface area contributed by atoms with Crippen LogP contribution in [0.2, 0.25) is 5.02 Å². The van der Waals surface area contributed by atoms with Gasteiger partial charge in [-0.3, -0.25) is 19.5 Å². The number of hydrogen-bond acceptors (Lipinski definition) is 4. The third-order valence-electron chi connectivity index (χ3n) is 5.16. The van der Waals surface area contributed by atoms with E-state index in [1.807, 2.05) is 48.0 Å². The van der Waals surface area contributed by atoms with E-state index in [0.717, 1.165) is 24.1 Å². The van der Waals surface area contributed by atoms with Gasteiger partial charge >= 0.3 is 0 Å². The fourth-order valence-corrected chi connectivity index (χ4v) is 3.92. The summed E-state index contributed by atoms with van der Waals surface area (Å²) in [5, 5.41) is 0.630. The van der Waals surface area contributed by atoms with Gasteiger partial charge in [0.25, 0.3) is 0 Å². The van der Waals surface area contributed by atoms with Gasteiger partial charge < -0.3 is 4.90 Å². The molecular weight excluding hydrogens is 374 g/mol. The highest BCUT2D eigenvalue weighted by molar-refractivity contribution is 6.30. The van der Waals surface area contributed by atoms with E-state index in [1.54, 1.807) is 18.3 Å². The zero-order valence-electron chi connectivity index (χ0n) is 16.4. The summed E-state index contributed by atoms with van der Waals surface area (Å²) in [5.74, 6) is 0.0101. The van der Waals surface area contributed by atoms with Crippen molar-refractivity contribution in [3.05, 3.63) is 64.4 Å². The largest absolute Gasteiger partial charge is 0.341 e. The van der Waals surface area contributed by atoms with Crippen molar-refractivity contribution < 1.29 is 9.59 Å². The summed E-state index contributed by atoms with van der Waals surface area (Å²) in [6.45, 7) is 4.03. The van der Waals surface area contributed by atoms with Gasteiger partial charge in [-0.05, 0) is 62.7 Å². The van der Waals surface area contributed by atoms with Crippen molar-refractivity contribution in [2.75, 3.05) is 26.7 Å². The third-order valence-corrected chi connectivity index (χ3v) is 5.40. The number of rotatable bonds is 6. The Labute approximate surface area is 171 Å². The van der Waals surface area contributed by atoms with E-state index in [9.17, 15) is 9.59 Å². The topological polar surface area (TPSA) is 53.5 Å². The van der Waals surface area contributed by atoms with Crippen LogP contribution in [0.15, 0.2) is 42.6 Å². The number of hydrogen-bond donors (Lipinski definition) is 0. The average Bonchev–Trinajstić information content (AvgIpc) is 2.68. The highest BCUT2D eigenvalue weighted by atomic mass is 35.5. The highest BCUT2D eigenvalue weighted by Gasteiger charge is 2.30. The van der Waals surface area contributed by atoms with Crippen LogP contribution in [0, 0.1) is 12.8 Å². The van der Waals surface area contributed by atoms with Gasteiger partial charge in [0, 0.05) is 42.3 Å². The number of carbonyl (C=O) groups excluding carboxylic acids is 2. The molecule has 1 unspecified atom stereocenters. The Bertz CT molecular complexity index is 841. The maximum atomic E-state index is 13.0. The minimum Gasteiger partial charge on any atom is -0.341 e. The molecule has 1 aromatic heterocycles. The van der Waals surface area contributed by atoms with Crippen molar-refractivity contribution in [3.8, 4) is 0 Å². The molecule has 1 amide bonds. The lowest BCUT2D eigenvalue weighted by molar-refractivity contribution is -0.133. The van der Waals surface area contributed by atoms with Crippen LogP contribution in [-0.4, -0.2) is 53.2 Å². The zero-order valence-corrected chi connectivity index (χ0v) is 17.2. The molecule has 6 heteroatoms. The molecule has 2 aromatic rings. The number of amides is 1. The van der Waals surface area contributed by atoms with Crippen molar-refractivity contribution in [2.45, 2.75) is 26.3 Å². The van der Waals surface area contributed by atoms with Crippen molar-refractivity contribution in [1.29, 1.82) is 0 Å². The normalized spacial score (nSPS) is 17.0. The number of pyridine rings is 1. The molecule has 0 N–H and O–H groups in total. The second-order valence-corrected chi connectivity index (χ2v) is 7.93. The summed E-state index contributed by atoms with van der Waals surface area (Å²) in [5.41, 5.74) is 2.52. The van der Waals surface area contributed by atoms with Crippen molar-refractivity contribution in [2.24, 2.45) is 5.92 Å². The van der Waals surface area contributed by atoms with Crippen LogP contribution in [0.5, 0.6) is 0 Å². The van der Waals surface area contributed by atoms with Crippen LogP contribution in [0.1, 0.15) is 34.5 Å². The molecule has 1 aromatic carbocycles. The number of likely N-dealkylation sites (N-methyl/N-ethyl adjacent to an activating group) is 1. The van der Waals surface area contributed by atoms with Gasteiger partial charge in [0.2, 0.25) is 5.91 Å². The molecule has 2 heterocycles. The molecule has 1 atom stereocenters. The van der Waals surface area contributed by atoms with Crippen LogP contribution in [0.3, 0.4) is 0 Å². The van der Waals surface area contributed by atoms with E-state index < -0.39 is 0 Å². The smallest absolute Gasteiger partial charge is 0.236 e. The summed E-state index contributed by atoms with van der Waals surface area (Å²) < 4.78 is 0. The minimum absolute atomic E-state index is 0.0590. The number of ketones is 1. The Morgan fingerprint density at radius 2 is 2.11 bits per heavy atom. The molecule has 148 valence electrons. The lowest BCUT2D eigenvalue weighted by atomic mass is 9.88. The number of carbonyl (C=O) groups is 2. The van der Waals surface area contributed by atoms with Gasteiger partial charge in [0.15, 0.2) is 5.78 Å². The SMILES string of the molecule is Cc1cc(Cl)ccc1C(=O)C1CCCN(C(=O)CN(C)Cc2ccccn2)C1. The molecule has 5 nitrogen and oxygen atoms in total. The second-order valence-electron chi connectivity index (χ2n) is 7.50. The Balaban J connectivity index is 1.59. The predicted octanol–water partition coefficient (Wildman–Crippen LogP) is 3.60. The van der Waals surface area contributed by atoms with E-state index in [2.05, 4.69) is 4.98 Å². The van der Waals surface area contributed by atoms with Gasteiger partial charge in [-0.1, -0.05) is 17.7 Å². The maximum Gasteiger partial charge on any atom is 0.236 e. The minimum atomic E-state index is -0.154. The van der Waals surface area contributed by atoms with Crippen molar-refractivity contribution >= 4 is 23.3 Å². The molecule has 1 saturated heterocycles. The number of likely N-dealkylation sites (tertiary alicyclic amines) is 1. The molecule has 1 fully saturated rings. The number of aromatic nitrogens is 1. The average molecular weight is 400 g/mol. The van der Waals surface area contributed by atoms with E-state index in [4.69, 9.17) is 11.6 Å². The number of benzene rings is 1. The molecule has 0 saturated carbocycles. The van der Waals surface area contributed by atoms with Gasteiger partial charge in [-0.2, -0.15) is 0 Å². The first kappa shape index (κ1) is 20.5. The third kappa shape index (κ3) is 5.18. The van der Waals surface area contributed by atoms with Gasteiger partial charge in [-0.15, -0.1) is 0 Å². The molecule has 28 heavy (non-hydrogen) atoms. The van der Waals surface area contributed by atoms with Crippen LogP contribution in [-0.2, 0) is 11.3 Å². The van der Waals surface area contributed by atoms with Crippen molar-refractivity contribution in [1.82, 2.24) is 14.8 Å². The molecule has 0 aliphatic carbocycles. The molecule has 1 aliphatic heterocycles. The molecule has 0 radical (unpaired) electrons. The van der Waals surface area contributed by atoms with E-state index in [-0.39, 0.29) is 17.6 Å². The standard InChI is InChI=1S/C22H26ClN3O2/c1-16-12-18(23)8-9-20(16)22(28)17-6-5-11-26(13-17)21(27)15-25(2)14-19-7-3-4-10-24-19/h3-4,7-10,12,17H,5-6,11,13-15H2,1-2H3. The monoisotopic (exact) mass is 399 g/mol. The lowest BCUT2D eigenvalue weighted by Gasteiger charge is -2.33. The summed E-state index contributed by atoms with van der Waals surface area (Å²) in [6, 6.07) is 11.1. The summed E-state index contributed by atoms with van der Waals surface area (Å²) in [4.78, 5) is 33.8. The number of Topliss-reactive ketones (excluding diaryl/α,β-unsaturated/α-hetero) is 1. The maximum absolute atomic E-state index is 13.0. The first-order valence-corrected chi connectivity index (χ1v) is 9.98. The number of nitrogens with zero attached hydrogens (tertiary/aromatic N) is 3. The molecule has 0 bridgehead atoms. The fraction of sp³-hybridized carbons (Fsp3) is 0.409. The van der Waals surface area contributed by atoms with E-state index >= 15 is 0 Å². The Hall–Kier alpha value is -2.24. The number of halogens is 1. The molecular formula is C22H26ClN3O2. The van der Waals surface area contributed by atoms with Crippen LogP contribution in [0.25, 0.3) is 0 Å². The van der Waals surface area contributed by atoms with Gasteiger partial charge in [0.05, 0.1) is 12.2 Å². The molecule has 0 spiro atoms. The predicted molar refractivity (Wildman–Crippen MR) is 110 cm³/mol. The Morgan fingerprint density at radius 1 is 1.29 bits per heavy atom. The van der Waals surface area contributed by atoms with Crippen molar-refractivity contribution in [3.63, 3.8) is 0 Å². The van der Waals surface area contributed by atoms with Crippen LogP contribution < -0.4 is 0 Å². The zero-order chi connectivity index (χ0) is 20.1. The first-order valence-electron chi connectivity index (χ1n) is 9.60. The molecule has 3 rings (SSSR count). The summed E-state index contributed by atoms with van der Waals surface area (Å²) in [7, 11) is 1.91. The lowest BCUT2D eigenvalue weighted by Crippen LogP contribution is -2.46. The van der Waals surface area contributed by atoms with Crippen LogP contribution >= 0.6 is 11.6 Å². The number of piperidine rings is 1. The van der Waals surface area contributed by atoms with Crippen LogP contribution in [0.4, 0.5) is 0 Å². The Kier molecular flexibility index (Phi) is 6.81. The second kappa shape index (κ2) is 9.30. The van der Waals surface area contributed by atoms with E-state index in [0.29, 0.717) is 36.8 Å². The fourth-order valence-electron chi connectivity index (χ4n) is 3.70. The Morgan fingerprint density at radius 3 is 2.82 bits per heavy atom. The quantitative estimate of drug-likeness (QED) is 0.696. The highest BCUT2D eigenvalue weighted by Crippen LogP contribution is 2.24. The van der Waals surface area contributed by atoms with Gasteiger partial charge in [-0.25, -0.2) is 0 Å². The molecule has 1 aliphatic rings. The summed E-state index contributed by atoms with van der Waals surface area (Å²) >= 11 is 6.01. The van der Waals surface area contributed by atoms with Gasteiger partial charge in [0.1, 0.15) is 0 Å². The summed E-state index contributed by atoms with van der Waals surface area (Å²) in [6.07, 6.45) is 3.41. The first-order chi connectivity index (χ1) is 13.4.